The molecule has 7 nitrogen and oxygen atoms in total. The van der Waals surface area contributed by atoms with Crippen molar-refractivity contribution in [2.24, 2.45) is 0 Å². The highest BCUT2D eigenvalue weighted by molar-refractivity contribution is 7.23. The molecule has 0 unspecified atom stereocenters. The maximum atomic E-state index is 12.8. The summed E-state index contributed by atoms with van der Waals surface area (Å²) in [6.45, 7) is 6.38. The van der Waals surface area contributed by atoms with Crippen LogP contribution in [0.15, 0.2) is 42.7 Å². The first kappa shape index (κ1) is 25.0. The van der Waals surface area contributed by atoms with Crippen molar-refractivity contribution in [2.75, 3.05) is 32.1 Å². The van der Waals surface area contributed by atoms with Gasteiger partial charge in [-0.3, -0.25) is 9.78 Å². The maximum absolute atomic E-state index is 12.8. The molecule has 0 fully saturated rings. The van der Waals surface area contributed by atoms with Gasteiger partial charge in [0.25, 0.3) is 0 Å². The molecule has 0 saturated heterocycles. The Bertz CT molecular complexity index is 1350. The molecular weight excluding hydrogens is 490 g/mol. The second-order valence-electron chi connectivity index (χ2n) is 9.13. The Balaban J connectivity index is 1.47. The fourth-order valence-corrected chi connectivity index (χ4v) is 7.06. The summed E-state index contributed by atoms with van der Waals surface area (Å²) in [5.74, 6) is 0.00778. The van der Waals surface area contributed by atoms with E-state index in [0.717, 1.165) is 49.9 Å². The minimum Gasteiger partial charge on any atom is -0.383 e. The van der Waals surface area contributed by atoms with Crippen molar-refractivity contribution in [3.8, 4) is 21.7 Å². The molecule has 188 valence electrons. The number of ether oxygens (including phenoxy) is 1. The number of nitrogens with one attached hydrogen (secondary N) is 3. The number of hydrogen-bond donors (Lipinski definition) is 3. The van der Waals surface area contributed by atoms with Gasteiger partial charge < -0.3 is 20.7 Å². The minimum absolute atomic E-state index is 0.00778. The van der Waals surface area contributed by atoms with Crippen LogP contribution in [0.25, 0.3) is 31.9 Å². The number of hydrogen-bond acceptors (Lipinski definition) is 8. The Kier molecular flexibility index (Phi) is 7.73. The van der Waals surface area contributed by atoms with Gasteiger partial charge in [-0.2, -0.15) is 0 Å². The molecule has 0 bridgehead atoms. The summed E-state index contributed by atoms with van der Waals surface area (Å²) in [6.07, 6.45) is 4.99. The molecule has 1 amide bonds. The van der Waals surface area contributed by atoms with Crippen LogP contribution in [-0.4, -0.2) is 48.7 Å². The Labute approximate surface area is 219 Å². The number of thiophene rings is 1. The Morgan fingerprint density at radius 2 is 2.08 bits per heavy atom. The molecule has 1 aromatic carbocycles. The van der Waals surface area contributed by atoms with Gasteiger partial charge >= 0.3 is 0 Å². The average Bonchev–Trinajstić information content (AvgIpc) is 3.44. The van der Waals surface area contributed by atoms with Gasteiger partial charge in [0.05, 0.1) is 16.8 Å². The maximum Gasteiger partial charge on any atom is 0.226 e. The Morgan fingerprint density at radius 3 is 2.89 bits per heavy atom. The van der Waals surface area contributed by atoms with Gasteiger partial charge in [-0.25, -0.2) is 4.98 Å². The number of methoxy groups -OCH3 is 1. The van der Waals surface area contributed by atoms with E-state index in [9.17, 15) is 4.79 Å². The summed E-state index contributed by atoms with van der Waals surface area (Å²) >= 11 is 3.36. The van der Waals surface area contributed by atoms with Crippen LogP contribution < -0.4 is 16.0 Å². The molecule has 0 spiro atoms. The molecule has 0 radical (unpaired) electrons. The summed E-state index contributed by atoms with van der Waals surface area (Å²) in [6, 6.07) is 11.0. The van der Waals surface area contributed by atoms with Crippen molar-refractivity contribution < 1.29 is 9.53 Å². The number of carbonyl (C=O) groups is 1. The van der Waals surface area contributed by atoms with Crippen molar-refractivity contribution in [3.05, 3.63) is 53.2 Å². The van der Waals surface area contributed by atoms with Crippen LogP contribution >= 0.6 is 22.7 Å². The third-order valence-corrected chi connectivity index (χ3v) is 8.70. The van der Waals surface area contributed by atoms with Crippen molar-refractivity contribution >= 4 is 43.8 Å². The highest BCUT2D eigenvalue weighted by atomic mass is 32.1. The second kappa shape index (κ2) is 11.1. The second-order valence-corrected chi connectivity index (χ2v) is 11.2. The quantitative estimate of drug-likeness (QED) is 0.261. The summed E-state index contributed by atoms with van der Waals surface area (Å²) < 4.78 is 6.18. The van der Waals surface area contributed by atoms with Gasteiger partial charge in [-0.15, -0.1) is 22.7 Å². The minimum atomic E-state index is 0.00778. The van der Waals surface area contributed by atoms with Crippen LogP contribution in [0.5, 0.6) is 0 Å². The van der Waals surface area contributed by atoms with Crippen molar-refractivity contribution in [2.45, 2.75) is 38.8 Å². The predicted molar refractivity (Wildman–Crippen MR) is 149 cm³/mol. The summed E-state index contributed by atoms with van der Waals surface area (Å²) in [5, 5.41) is 12.0. The topological polar surface area (TPSA) is 88.2 Å². The molecule has 2 atom stereocenters. The number of benzene rings is 1. The number of anilines is 1. The van der Waals surface area contributed by atoms with E-state index in [4.69, 9.17) is 9.72 Å². The molecule has 3 N–H and O–H groups in total. The van der Waals surface area contributed by atoms with Gasteiger partial charge in [0.15, 0.2) is 0 Å². The summed E-state index contributed by atoms with van der Waals surface area (Å²) in [7, 11) is 1.67. The Morgan fingerprint density at radius 1 is 1.19 bits per heavy atom. The third-order valence-electron chi connectivity index (χ3n) is 6.34. The van der Waals surface area contributed by atoms with Gasteiger partial charge in [0.2, 0.25) is 5.91 Å². The lowest BCUT2D eigenvalue weighted by atomic mass is 9.95. The van der Waals surface area contributed by atoms with Gasteiger partial charge in [-0.05, 0) is 49.6 Å². The van der Waals surface area contributed by atoms with E-state index in [0.29, 0.717) is 25.6 Å². The van der Waals surface area contributed by atoms with Crippen molar-refractivity contribution in [3.63, 3.8) is 0 Å². The number of amides is 1. The van der Waals surface area contributed by atoms with E-state index in [1.165, 1.54) is 10.4 Å². The summed E-state index contributed by atoms with van der Waals surface area (Å²) in [5.41, 5.74) is 5.57. The molecule has 0 aliphatic carbocycles. The molecule has 36 heavy (non-hydrogen) atoms. The average molecular weight is 522 g/mol. The fourth-order valence-electron chi connectivity index (χ4n) is 4.65. The fraction of sp³-hybridized carbons (Fsp3) is 0.370. The number of carbonyl (C=O) groups excluding carboxylic acids is 1. The van der Waals surface area contributed by atoms with Crippen LogP contribution in [0.2, 0.25) is 0 Å². The molecule has 4 aromatic rings. The van der Waals surface area contributed by atoms with E-state index in [1.54, 1.807) is 36.0 Å². The smallest absolute Gasteiger partial charge is 0.226 e. The highest BCUT2D eigenvalue weighted by Gasteiger charge is 2.30. The number of pyridine rings is 1. The largest absolute Gasteiger partial charge is 0.383 e. The van der Waals surface area contributed by atoms with Crippen LogP contribution in [-0.2, 0) is 16.0 Å². The highest BCUT2D eigenvalue weighted by Crippen LogP contribution is 2.47. The lowest BCUT2D eigenvalue weighted by Gasteiger charge is -2.26. The van der Waals surface area contributed by atoms with Gasteiger partial charge in [-0.1, -0.05) is 12.1 Å². The zero-order valence-corrected chi connectivity index (χ0v) is 22.4. The molecular formula is C27H31N5O2S2. The first-order chi connectivity index (χ1) is 17.5. The SMILES string of the molecule is COCCNCCC(=O)Nc1sc2c(c1-c1nc3ccc(-c4cccnc4)cc3s1)C[C@H](C)N[C@@H]2C. The first-order valence-electron chi connectivity index (χ1n) is 12.3. The van der Waals surface area contributed by atoms with E-state index in [1.807, 2.05) is 12.3 Å². The van der Waals surface area contributed by atoms with E-state index < -0.39 is 0 Å². The van der Waals surface area contributed by atoms with Gasteiger partial charge in [0, 0.05) is 67.1 Å². The zero-order chi connectivity index (χ0) is 25.1. The first-order valence-corrected chi connectivity index (χ1v) is 13.9. The lowest BCUT2D eigenvalue weighted by Crippen LogP contribution is -2.35. The zero-order valence-electron chi connectivity index (χ0n) is 20.8. The third kappa shape index (κ3) is 5.35. The van der Waals surface area contributed by atoms with E-state index in [-0.39, 0.29) is 11.9 Å². The molecule has 1 aliphatic heterocycles. The van der Waals surface area contributed by atoms with Crippen LogP contribution in [0.1, 0.15) is 36.8 Å². The van der Waals surface area contributed by atoms with E-state index in [2.05, 4.69) is 59.0 Å². The van der Waals surface area contributed by atoms with E-state index >= 15 is 0 Å². The number of rotatable bonds is 9. The monoisotopic (exact) mass is 521 g/mol. The predicted octanol–water partition coefficient (Wildman–Crippen LogP) is 5.25. The molecule has 5 rings (SSSR count). The van der Waals surface area contributed by atoms with Gasteiger partial charge in [0.1, 0.15) is 10.0 Å². The van der Waals surface area contributed by atoms with Crippen LogP contribution in [0.4, 0.5) is 5.00 Å². The molecule has 9 heteroatoms. The number of aromatic nitrogens is 2. The lowest BCUT2D eigenvalue weighted by molar-refractivity contribution is -0.116. The number of fused-ring (bicyclic) bond motifs is 2. The van der Waals surface area contributed by atoms with Crippen molar-refractivity contribution in [1.82, 2.24) is 20.6 Å². The molecule has 0 saturated carbocycles. The molecule has 4 heterocycles. The summed E-state index contributed by atoms with van der Waals surface area (Å²) in [4.78, 5) is 23.4. The molecule has 1 aliphatic rings. The standard InChI is InChI=1S/C27H31N5O2S2/c1-16-13-20-24(26-31-21-7-6-18(14-22(21)35-26)19-5-4-9-29-15-19)27(36-25(20)17(2)30-16)32-23(33)8-10-28-11-12-34-3/h4-7,9,14-17,28,30H,8,10-13H2,1-3H3,(H,32,33)/t16-,17+/m0/s1. The van der Waals surface area contributed by atoms with Crippen LogP contribution in [0, 0.1) is 0 Å². The number of thiazole rings is 1. The Hall–Kier alpha value is -2.69. The normalized spacial score (nSPS) is 17.3. The molecule has 3 aromatic heterocycles. The van der Waals surface area contributed by atoms with Crippen LogP contribution in [0.3, 0.4) is 0 Å². The van der Waals surface area contributed by atoms with Crippen molar-refractivity contribution in [1.29, 1.82) is 0 Å². The number of nitrogens with zero attached hydrogens (tertiary/aromatic N) is 2.